The van der Waals surface area contributed by atoms with Crippen LogP contribution in [0.1, 0.15) is 36.2 Å². The molecule has 0 bridgehead atoms. The second-order valence-electron chi connectivity index (χ2n) is 5.19. The minimum atomic E-state index is -0.943. The van der Waals surface area contributed by atoms with Gasteiger partial charge in [-0.15, -0.1) is 0 Å². The average molecular weight is 284 g/mol. The summed E-state index contributed by atoms with van der Waals surface area (Å²) in [5.74, 6) is -0.198. The van der Waals surface area contributed by atoms with E-state index in [0.29, 0.717) is 6.54 Å². The molecule has 0 aliphatic carbocycles. The minimum absolute atomic E-state index is 0.178. The Balaban J connectivity index is 2.13. The van der Waals surface area contributed by atoms with E-state index in [2.05, 4.69) is 10.1 Å². The lowest BCUT2D eigenvalue weighted by Crippen LogP contribution is -2.15. The second-order valence-corrected chi connectivity index (χ2v) is 5.19. The van der Waals surface area contributed by atoms with E-state index in [0.717, 1.165) is 16.7 Å². The summed E-state index contributed by atoms with van der Waals surface area (Å²) < 4.78 is 3.57. The lowest BCUT2D eigenvalue weighted by atomic mass is 10.2. The molecule has 0 spiro atoms. The van der Waals surface area contributed by atoms with E-state index in [1.54, 1.807) is 15.3 Å². The number of carbonyl (C=O) groups is 1. The summed E-state index contributed by atoms with van der Waals surface area (Å²) in [4.78, 5) is 15.7. The van der Waals surface area contributed by atoms with Gasteiger partial charge in [0, 0.05) is 16.9 Å². The van der Waals surface area contributed by atoms with Gasteiger partial charge in [0.2, 0.25) is 0 Å². The average Bonchev–Trinajstić information content (AvgIpc) is 3.04. The van der Waals surface area contributed by atoms with Gasteiger partial charge in [0.15, 0.2) is 0 Å². The molecule has 0 aliphatic heterocycles. The van der Waals surface area contributed by atoms with Gasteiger partial charge in [0.05, 0.1) is 6.54 Å². The molecule has 0 radical (unpaired) electrons. The fourth-order valence-electron chi connectivity index (χ4n) is 2.52. The summed E-state index contributed by atoms with van der Waals surface area (Å²) in [7, 11) is 0. The fraction of sp³-hybridized carbons (Fsp3) is 0.267. The van der Waals surface area contributed by atoms with E-state index >= 15 is 0 Å². The van der Waals surface area contributed by atoms with Gasteiger partial charge in [0.25, 0.3) is 0 Å². The molecule has 3 aromatic rings. The maximum Gasteiger partial charge on any atom is 0.352 e. The number of rotatable bonds is 4. The topological polar surface area (TPSA) is 72.9 Å². The second kappa shape index (κ2) is 5.05. The lowest BCUT2D eigenvalue weighted by molar-refractivity contribution is 0.0686. The number of benzene rings is 1. The molecular weight excluding hydrogens is 268 g/mol. The summed E-state index contributed by atoms with van der Waals surface area (Å²) in [6.45, 7) is 4.42. The van der Waals surface area contributed by atoms with Crippen LogP contribution in [-0.4, -0.2) is 30.4 Å². The molecule has 1 aromatic carbocycles. The van der Waals surface area contributed by atoms with E-state index < -0.39 is 5.97 Å². The molecule has 0 amide bonds. The number of hydrogen-bond donors (Lipinski definition) is 1. The number of nitrogens with zero attached hydrogens (tertiary/aromatic N) is 4. The van der Waals surface area contributed by atoms with Crippen molar-refractivity contribution in [1.29, 1.82) is 0 Å². The van der Waals surface area contributed by atoms with Crippen LogP contribution in [0.2, 0.25) is 0 Å². The third-order valence-corrected chi connectivity index (χ3v) is 3.47. The highest BCUT2D eigenvalue weighted by Crippen LogP contribution is 2.21. The first-order valence-electron chi connectivity index (χ1n) is 6.78. The van der Waals surface area contributed by atoms with Crippen molar-refractivity contribution in [3.8, 4) is 0 Å². The Bertz CT molecular complexity index is 801. The number of aromatic carboxylic acids is 1. The van der Waals surface area contributed by atoms with Gasteiger partial charge in [-0.1, -0.05) is 18.2 Å². The van der Waals surface area contributed by atoms with Crippen molar-refractivity contribution in [2.75, 3.05) is 0 Å². The van der Waals surface area contributed by atoms with Crippen LogP contribution < -0.4 is 0 Å². The Labute approximate surface area is 121 Å². The third kappa shape index (κ3) is 2.29. The highest BCUT2D eigenvalue weighted by Gasteiger charge is 2.17. The number of aromatic nitrogens is 4. The zero-order valence-corrected chi connectivity index (χ0v) is 11.9. The normalized spacial score (nSPS) is 11.4. The van der Waals surface area contributed by atoms with Gasteiger partial charge in [0.1, 0.15) is 17.8 Å². The summed E-state index contributed by atoms with van der Waals surface area (Å²) in [6.07, 6.45) is 1.50. The summed E-state index contributed by atoms with van der Waals surface area (Å²) in [5, 5.41) is 14.5. The van der Waals surface area contributed by atoms with Crippen LogP contribution in [0.15, 0.2) is 36.7 Å². The summed E-state index contributed by atoms with van der Waals surface area (Å²) in [6, 6.07) is 9.49. The molecule has 0 saturated heterocycles. The van der Waals surface area contributed by atoms with Crippen LogP contribution in [0.25, 0.3) is 10.9 Å². The highest BCUT2D eigenvalue weighted by atomic mass is 16.4. The molecule has 3 rings (SSSR count). The van der Waals surface area contributed by atoms with E-state index in [9.17, 15) is 9.90 Å². The first-order valence-corrected chi connectivity index (χ1v) is 6.78. The van der Waals surface area contributed by atoms with Crippen molar-refractivity contribution in [3.05, 3.63) is 48.2 Å². The molecule has 0 aliphatic rings. The number of para-hydroxylation sites is 1. The van der Waals surface area contributed by atoms with Gasteiger partial charge < -0.3 is 9.67 Å². The van der Waals surface area contributed by atoms with E-state index in [-0.39, 0.29) is 11.7 Å². The highest BCUT2D eigenvalue weighted by molar-refractivity contribution is 5.94. The Kier molecular flexibility index (Phi) is 3.21. The molecule has 6 nitrogen and oxygen atoms in total. The standard InChI is InChI=1S/C15H16N4O2/c1-10(2)19-14(16-9-17-19)8-18-12-6-4-3-5-11(12)7-13(18)15(20)21/h3-7,9-10H,8H2,1-2H3,(H,20,21). The van der Waals surface area contributed by atoms with Crippen LogP contribution >= 0.6 is 0 Å². The Morgan fingerprint density at radius 2 is 2.10 bits per heavy atom. The van der Waals surface area contributed by atoms with Crippen molar-refractivity contribution in [3.63, 3.8) is 0 Å². The molecule has 108 valence electrons. The van der Waals surface area contributed by atoms with E-state index in [1.165, 1.54) is 6.33 Å². The molecule has 6 heteroatoms. The smallest absolute Gasteiger partial charge is 0.352 e. The van der Waals surface area contributed by atoms with Crippen molar-refractivity contribution in [2.45, 2.75) is 26.4 Å². The maximum absolute atomic E-state index is 11.5. The Morgan fingerprint density at radius 1 is 1.33 bits per heavy atom. The number of carboxylic acid groups (broad SMARTS) is 1. The maximum atomic E-state index is 11.5. The van der Waals surface area contributed by atoms with Crippen LogP contribution in [0.5, 0.6) is 0 Å². The van der Waals surface area contributed by atoms with Crippen molar-refractivity contribution in [2.24, 2.45) is 0 Å². The molecular formula is C15H16N4O2. The van der Waals surface area contributed by atoms with Crippen LogP contribution in [0.3, 0.4) is 0 Å². The van der Waals surface area contributed by atoms with Crippen LogP contribution in [0, 0.1) is 0 Å². The van der Waals surface area contributed by atoms with Gasteiger partial charge in [-0.3, -0.25) is 0 Å². The SMILES string of the molecule is CC(C)n1ncnc1Cn1c(C(=O)O)cc2ccccc21. The van der Waals surface area contributed by atoms with Crippen molar-refractivity contribution in [1.82, 2.24) is 19.3 Å². The van der Waals surface area contributed by atoms with Gasteiger partial charge >= 0.3 is 5.97 Å². The first-order chi connectivity index (χ1) is 10.1. The zero-order valence-electron chi connectivity index (χ0n) is 11.9. The van der Waals surface area contributed by atoms with E-state index in [4.69, 9.17) is 0 Å². The van der Waals surface area contributed by atoms with Gasteiger partial charge in [-0.25, -0.2) is 14.5 Å². The van der Waals surface area contributed by atoms with Crippen LogP contribution in [-0.2, 0) is 6.54 Å². The summed E-state index contributed by atoms with van der Waals surface area (Å²) in [5.41, 5.74) is 1.14. The predicted molar refractivity (Wildman–Crippen MR) is 78.4 cm³/mol. The number of fused-ring (bicyclic) bond motifs is 1. The quantitative estimate of drug-likeness (QED) is 0.799. The first kappa shape index (κ1) is 13.4. The Morgan fingerprint density at radius 3 is 2.81 bits per heavy atom. The molecule has 2 heterocycles. The molecule has 0 fully saturated rings. The molecule has 0 unspecified atom stereocenters. The zero-order chi connectivity index (χ0) is 15.0. The fourth-order valence-corrected chi connectivity index (χ4v) is 2.52. The van der Waals surface area contributed by atoms with Gasteiger partial charge in [-0.05, 0) is 26.0 Å². The number of carboxylic acids is 1. The lowest BCUT2D eigenvalue weighted by Gasteiger charge is -2.12. The molecule has 2 aromatic heterocycles. The predicted octanol–water partition coefficient (Wildman–Crippen LogP) is 2.56. The molecule has 21 heavy (non-hydrogen) atoms. The third-order valence-electron chi connectivity index (χ3n) is 3.47. The monoisotopic (exact) mass is 284 g/mol. The molecule has 0 atom stereocenters. The Hall–Kier alpha value is -2.63. The summed E-state index contributed by atoms with van der Waals surface area (Å²) >= 11 is 0. The van der Waals surface area contributed by atoms with Crippen molar-refractivity contribution < 1.29 is 9.90 Å². The van der Waals surface area contributed by atoms with Crippen molar-refractivity contribution >= 4 is 16.9 Å². The van der Waals surface area contributed by atoms with E-state index in [1.807, 2.05) is 38.1 Å². The number of hydrogen-bond acceptors (Lipinski definition) is 3. The minimum Gasteiger partial charge on any atom is -0.477 e. The largest absolute Gasteiger partial charge is 0.477 e. The molecule has 1 N–H and O–H groups in total. The van der Waals surface area contributed by atoms with Gasteiger partial charge in [-0.2, -0.15) is 5.10 Å². The molecule has 0 saturated carbocycles. The van der Waals surface area contributed by atoms with Crippen LogP contribution in [0.4, 0.5) is 0 Å².